The zero-order valence-corrected chi connectivity index (χ0v) is 11.8. The van der Waals surface area contributed by atoms with Crippen molar-refractivity contribution in [3.05, 3.63) is 11.5 Å². The molecule has 0 amide bonds. The van der Waals surface area contributed by atoms with E-state index in [9.17, 15) is 12.8 Å². The molecule has 1 aliphatic rings. The van der Waals surface area contributed by atoms with Crippen LogP contribution in [0, 0.1) is 0 Å². The lowest BCUT2D eigenvalue weighted by Crippen LogP contribution is -2.33. The molecule has 0 aliphatic carbocycles. The van der Waals surface area contributed by atoms with Gasteiger partial charge >= 0.3 is 0 Å². The Bertz CT molecular complexity index is 396. The molecule has 5 nitrogen and oxygen atoms in total. The van der Waals surface area contributed by atoms with E-state index in [1.54, 1.807) is 20.8 Å². The predicted molar refractivity (Wildman–Crippen MR) is 66.4 cm³/mol. The highest BCUT2D eigenvalue weighted by Gasteiger charge is 2.43. The second-order valence-electron chi connectivity index (χ2n) is 4.48. The Morgan fingerprint density at radius 2 is 2.06 bits per heavy atom. The molecule has 0 aromatic rings. The van der Waals surface area contributed by atoms with Crippen molar-refractivity contribution >= 4 is 10.0 Å². The summed E-state index contributed by atoms with van der Waals surface area (Å²) in [5.41, 5.74) is 0. The number of sulfonamides is 1. The van der Waals surface area contributed by atoms with Gasteiger partial charge in [0.15, 0.2) is 6.17 Å². The summed E-state index contributed by atoms with van der Waals surface area (Å²) in [5.74, 6) is 0. The van der Waals surface area contributed by atoms with Gasteiger partial charge in [-0.15, -0.1) is 0 Å². The highest BCUT2D eigenvalue weighted by molar-refractivity contribution is 7.92. The Balaban J connectivity index is 2.80. The van der Waals surface area contributed by atoms with E-state index in [-0.39, 0.29) is 6.10 Å². The van der Waals surface area contributed by atoms with Crippen LogP contribution < -0.4 is 4.72 Å². The molecule has 0 aromatic heterocycles. The standard InChI is InChI=1S/C11H20FNO4S/c1-7(2)16-11-9(17-8(3)10(11)12)5-6-18(14,15)13-4/h5-11,13H,1-4H3/b6-5+/t8-,9+,10-,11+/m0/s1. The van der Waals surface area contributed by atoms with Gasteiger partial charge in [-0.2, -0.15) is 0 Å². The Kier molecular flexibility index (Phi) is 5.27. The monoisotopic (exact) mass is 281 g/mol. The van der Waals surface area contributed by atoms with E-state index in [0.29, 0.717) is 0 Å². The fourth-order valence-corrected chi connectivity index (χ4v) is 2.22. The maximum absolute atomic E-state index is 13.8. The minimum Gasteiger partial charge on any atom is -0.369 e. The van der Waals surface area contributed by atoms with Gasteiger partial charge in [0.1, 0.15) is 12.2 Å². The van der Waals surface area contributed by atoms with Crippen LogP contribution >= 0.6 is 0 Å². The number of halogens is 1. The molecule has 0 bridgehead atoms. The lowest BCUT2D eigenvalue weighted by Gasteiger charge is -2.20. The minimum atomic E-state index is -3.48. The van der Waals surface area contributed by atoms with Crippen molar-refractivity contribution in [2.45, 2.75) is 51.4 Å². The third kappa shape index (κ3) is 4.01. The number of ether oxygens (including phenoxy) is 2. The van der Waals surface area contributed by atoms with Gasteiger partial charge in [0, 0.05) is 5.41 Å². The molecule has 1 N–H and O–H groups in total. The SMILES string of the molecule is CNS(=O)(=O)/C=C/[C@H]1O[C@@H](C)[C@H](F)[C@@H]1OC(C)C. The molecule has 1 rings (SSSR count). The van der Waals surface area contributed by atoms with Crippen molar-refractivity contribution in [2.24, 2.45) is 0 Å². The van der Waals surface area contributed by atoms with Crippen molar-refractivity contribution in [1.82, 2.24) is 4.72 Å². The van der Waals surface area contributed by atoms with E-state index in [1.807, 2.05) is 0 Å². The fourth-order valence-electron chi connectivity index (χ4n) is 1.72. The fraction of sp³-hybridized carbons (Fsp3) is 0.818. The van der Waals surface area contributed by atoms with E-state index in [1.165, 1.54) is 13.1 Å². The maximum Gasteiger partial charge on any atom is 0.233 e. The average molecular weight is 281 g/mol. The maximum atomic E-state index is 13.8. The summed E-state index contributed by atoms with van der Waals surface area (Å²) in [5, 5.41) is 0.971. The molecular weight excluding hydrogens is 261 g/mol. The number of rotatable bonds is 5. The summed E-state index contributed by atoms with van der Waals surface area (Å²) in [6, 6.07) is 0. The quantitative estimate of drug-likeness (QED) is 0.815. The number of alkyl halides is 1. The second-order valence-corrected chi connectivity index (χ2v) is 6.25. The van der Waals surface area contributed by atoms with Gasteiger partial charge in [-0.1, -0.05) is 0 Å². The smallest absolute Gasteiger partial charge is 0.233 e. The van der Waals surface area contributed by atoms with Gasteiger partial charge in [0.25, 0.3) is 0 Å². The minimum absolute atomic E-state index is 0.154. The van der Waals surface area contributed by atoms with E-state index >= 15 is 0 Å². The summed E-state index contributed by atoms with van der Waals surface area (Å²) in [4.78, 5) is 0. The van der Waals surface area contributed by atoms with Crippen LogP contribution in [0.1, 0.15) is 20.8 Å². The molecule has 18 heavy (non-hydrogen) atoms. The van der Waals surface area contributed by atoms with Gasteiger partial charge in [-0.05, 0) is 33.9 Å². The van der Waals surface area contributed by atoms with E-state index < -0.39 is 34.5 Å². The molecule has 4 atom stereocenters. The summed E-state index contributed by atoms with van der Waals surface area (Å²) in [6.07, 6.45) is -2.18. The second kappa shape index (κ2) is 6.10. The van der Waals surface area contributed by atoms with Gasteiger partial charge in [0.05, 0.1) is 12.2 Å². The molecule has 0 saturated carbocycles. The van der Waals surface area contributed by atoms with Crippen LogP contribution in [0.2, 0.25) is 0 Å². The zero-order valence-electron chi connectivity index (χ0n) is 11.0. The van der Waals surface area contributed by atoms with E-state index in [0.717, 1.165) is 5.41 Å². The first kappa shape index (κ1) is 15.6. The molecule has 0 aromatic carbocycles. The van der Waals surface area contributed by atoms with Crippen molar-refractivity contribution in [3.8, 4) is 0 Å². The Morgan fingerprint density at radius 3 is 2.56 bits per heavy atom. The Labute approximate surface area is 107 Å². The van der Waals surface area contributed by atoms with Crippen LogP contribution in [0.15, 0.2) is 11.5 Å². The van der Waals surface area contributed by atoms with Gasteiger partial charge in [0.2, 0.25) is 10.0 Å². The van der Waals surface area contributed by atoms with E-state index in [4.69, 9.17) is 9.47 Å². The van der Waals surface area contributed by atoms with Crippen molar-refractivity contribution < 1.29 is 22.3 Å². The van der Waals surface area contributed by atoms with Crippen LogP contribution in [-0.4, -0.2) is 46.1 Å². The number of hydrogen-bond donors (Lipinski definition) is 1. The van der Waals surface area contributed by atoms with Crippen LogP contribution in [-0.2, 0) is 19.5 Å². The lowest BCUT2D eigenvalue weighted by atomic mass is 10.1. The van der Waals surface area contributed by atoms with Crippen molar-refractivity contribution in [1.29, 1.82) is 0 Å². The highest BCUT2D eigenvalue weighted by atomic mass is 32.2. The summed E-state index contributed by atoms with van der Waals surface area (Å²) < 4.78 is 49.3. The molecular formula is C11H20FNO4S. The number of hydrogen-bond acceptors (Lipinski definition) is 4. The molecule has 1 saturated heterocycles. The highest BCUT2D eigenvalue weighted by Crippen LogP contribution is 2.28. The van der Waals surface area contributed by atoms with Gasteiger partial charge < -0.3 is 9.47 Å². The van der Waals surface area contributed by atoms with Crippen LogP contribution in [0.25, 0.3) is 0 Å². The molecule has 0 radical (unpaired) electrons. The Morgan fingerprint density at radius 1 is 1.44 bits per heavy atom. The first-order valence-corrected chi connectivity index (χ1v) is 7.38. The summed E-state index contributed by atoms with van der Waals surface area (Å²) >= 11 is 0. The van der Waals surface area contributed by atoms with Crippen LogP contribution in [0.3, 0.4) is 0 Å². The largest absolute Gasteiger partial charge is 0.369 e. The third-order valence-corrected chi connectivity index (χ3v) is 3.70. The lowest BCUT2D eigenvalue weighted by molar-refractivity contribution is -0.0387. The van der Waals surface area contributed by atoms with Crippen LogP contribution in [0.4, 0.5) is 4.39 Å². The molecule has 0 spiro atoms. The van der Waals surface area contributed by atoms with Crippen molar-refractivity contribution in [2.75, 3.05) is 7.05 Å². The van der Waals surface area contributed by atoms with E-state index in [2.05, 4.69) is 4.72 Å². The van der Waals surface area contributed by atoms with Crippen LogP contribution in [0.5, 0.6) is 0 Å². The summed E-state index contributed by atoms with van der Waals surface area (Å²) in [6.45, 7) is 5.18. The first-order chi connectivity index (χ1) is 8.26. The molecule has 106 valence electrons. The summed E-state index contributed by atoms with van der Waals surface area (Å²) in [7, 11) is -2.18. The molecule has 1 heterocycles. The predicted octanol–water partition coefficient (Wildman–Crippen LogP) is 0.968. The van der Waals surface area contributed by atoms with Gasteiger partial charge in [-0.3, -0.25) is 0 Å². The third-order valence-electron chi connectivity index (χ3n) is 2.62. The van der Waals surface area contributed by atoms with Crippen molar-refractivity contribution in [3.63, 3.8) is 0 Å². The molecule has 1 aliphatic heterocycles. The average Bonchev–Trinajstić information content (AvgIpc) is 2.54. The topological polar surface area (TPSA) is 64.6 Å². The first-order valence-electron chi connectivity index (χ1n) is 5.83. The molecule has 1 fully saturated rings. The molecule has 7 heteroatoms. The number of nitrogens with one attached hydrogen (secondary N) is 1. The molecule has 0 unspecified atom stereocenters. The van der Waals surface area contributed by atoms with Gasteiger partial charge in [-0.25, -0.2) is 17.5 Å². The zero-order chi connectivity index (χ0) is 13.9. The normalized spacial score (nSPS) is 33.7. The Hall–Kier alpha value is -0.500.